The second-order valence-corrected chi connectivity index (χ2v) is 5.87. The number of likely N-dealkylation sites (tertiary alicyclic amines) is 1. The number of hydrogen-bond acceptors (Lipinski definition) is 4. The van der Waals surface area contributed by atoms with Crippen LogP contribution in [0.2, 0.25) is 0 Å². The van der Waals surface area contributed by atoms with Gasteiger partial charge in [0, 0.05) is 37.9 Å². The molecule has 1 aromatic rings. The van der Waals surface area contributed by atoms with E-state index < -0.39 is 5.60 Å². The van der Waals surface area contributed by atoms with E-state index in [2.05, 4.69) is 34.9 Å². The van der Waals surface area contributed by atoms with Gasteiger partial charge in [-0.2, -0.15) is 0 Å². The maximum atomic E-state index is 10.6. The summed E-state index contributed by atoms with van der Waals surface area (Å²) >= 11 is 0. The zero-order valence-electron chi connectivity index (χ0n) is 12.0. The summed E-state index contributed by atoms with van der Waals surface area (Å²) < 4.78 is 0. The fourth-order valence-corrected chi connectivity index (χ4v) is 2.90. The molecule has 1 fully saturated rings. The van der Waals surface area contributed by atoms with Gasteiger partial charge in [-0.3, -0.25) is 4.98 Å². The SMILES string of the molecule is CN1CCC[C@](O)(CN(C)CCc2ccccn2)C1. The lowest BCUT2D eigenvalue weighted by molar-refractivity contribution is -0.0426. The summed E-state index contributed by atoms with van der Waals surface area (Å²) in [4.78, 5) is 8.76. The molecule has 2 rings (SSSR count). The first kappa shape index (κ1) is 14.4. The summed E-state index contributed by atoms with van der Waals surface area (Å²) in [5, 5.41) is 10.6. The number of β-amino-alcohol motifs (C(OH)–C–C–N with tert-alkyl or cyclic N) is 1. The predicted octanol–water partition coefficient (Wildman–Crippen LogP) is 1.01. The molecule has 0 radical (unpaired) electrons. The molecule has 0 saturated carbocycles. The standard InChI is InChI=1S/C15H25N3O/c1-17-10-5-8-15(19,12-17)13-18(2)11-7-14-6-3-4-9-16-14/h3-4,6,9,19H,5,7-8,10-13H2,1-2H3/t15-/m1/s1. The topological polar surface area (TPSA) is 39.6 Å². The van der Waals surface area contributed by atoms with Crippen LogP contribution in [-0.4, -0.2) is 65.8 Å². The lowest BCUT2D eigenvalue weighted by Crippen LogP contribution is -2.52. The minimum absolute atomic E-state index is 0.550. The van der Waals surface area contributed by atoms with E-state index in [0.717, 1.165) is 51.1 Å². The van der Waals surface area contributed by atoms with Crippen LogP contribution >= 0.6 is 0 Å². The zero-order valence-corrected chi connectivity index (χ0v) is 12.0. The second kappa shape index (κ2) is 6.46. The summed E-state index contributed by atoms with van der Waals surface area (Å²) in [5.41, 5.74) is 0.563. The maximum Gasteiger partial charge on any atom is 0.0900 e. The monoisotopic (exact) mass is 263 g/mol. The van der Waals surface area contributed by atoms with Crippen LogP contribution in [0.5, 0.6) is 0 Å². The molecule has 1 atom stereocenters. The first-order valence-electron chi connectivity index (χ1n) is 7.07. The number of nitrogens with zero attached hydrogens (tertiary/aromatic N) is 3. The molecule has 1 saturated heterocycles. The highest BCUT2D eigenvalue weighted by Crippen LogP contribution is 2.21. The number of aliphatic hydroxyl groups is 1. The molecule has 0 unspecified atom stereocenters. The molecule has 0 aromatic carbocycles. The smallest absolute Gasteiger partial charge is 0.0900 e. The number of rotatable bonds is 5. The molecule has 4 heteroatoms. The highest BCUT2D eigenvalue weighted by atomic mass is 16.3. The summed E-state index contributed by atoms with van der Waals surface area (Å²) in [5.74, 6) is 0. The van der Waals surface area contributed by atoms with Crippen molar-refractivity contribution < 1.29 is 5.11 Å². The van der Waals surface area contributed by atoms with Crippen molar-refractivity contribution in [2.75, 3.05) is 40.3 Å². The quantitative estimate of drug-likeness (QED) is 0.861. The Kier molecular flexibility index (Phi) is 4.91. The molecule has 1 aliphatic rings. The maximum absolute atomic E-state index is 10.6. The van der Waals surface area contributed by atoms with Crippen molar-refractivity contribution in [2.45, 2.75) is 24.9 Å². The van der Waals surface area contributed by atoms with E-state index in [9.17, 15) is 5.11 Å². The van der Waals surface area contributed by atoms with Gasteiger partial charge < -0.3 is 14.9 Å². The second-order valence-electron chi connectivity index (χ2n) is 5.87. The summed E-state index contributed by atoms with van der Waals surface area (Å²) in [6, 6.07) is 6.01. The van der Waals surface area contributed by atoms with E-state index in [1.165, 1.54) is 0 Å². The molecule has 1 aromatic heterocycles. The van der Waals surface area contributed by atoms with Crippen molar-refractivity contribution in [1.29, 1.82) is 0 Å². The van der Waals surface area contributed by atoms with Crippen LogP contribution in [0.15, 0.2) is 24.4 Å². The van der Waals surface area contributed by atoms with Gasteiger partial charge in [0.15, 0.2) is 0 Å². The van der Waals surface area contributed by atoms with Crippen LogP contribution in [0.3, 0.4) is 0 Å². The molecule has 0 aliphatic carbocycles. The van der Waals surface area contributed by atoms with Crippen molar-refractivity contribution in [3.63, 3.8) is 0 Å². The Hall–Kier alpha value is -0.970. The number of hydrogen-bond donors (Lipinski definition) is 1. The Labute approximate surface area is 116 Å². The molecule has 19 heavy (non-hydrogen) atoms. The van der Waals surface area contributed by atoms with Gasteiger partial charge in [-0.05, 0) is 45.6 Å². The Balaban J connectivity index is 1.79. The molecule has 1 aliphatic heterocycles. The van der Waals surface area contributed by atoms with Crippen LogP contribution in [0.25, 0.3) is 0 Å². The van der Waals surface area contributed by atoms with Crippen LogP contribution in [0.1, 0.15) is 18.5 Å². The van der Waals surface area contributed by atoms with E-state index in [1.54, 1.807) is 0 Å². The van der Waals surface area contributed by atoms with Gasteiger partial charge in [0.05, 0.1) is 5.60 Å². The minimum Gasteiger partial charge on any atom is -0.387 e. The Bertz CT molecular complexity index is 384. The van der Waals surface area contributed by atoms with Crippen molar-refractivity contribution >= 4 is 0 Å². The van der Waals surface area contributed by atoms with E-state index in [-0.39, 0.29) is 0 Å². The van der Waals surface area contributed by atoms with Crippen molar-refractivity contribution in [3.05, 3.63) is 30.1 Å². The third-order valence-electron chi connectivity index (χ3n) is 3.79. The molecule has 106 valence electrons. The highest BCUT2D eigenvalue weighted by Gasteiger charge is 2.32. The summed E-state index contributed by atoms with van der Waals surface area (Å²) in [7, 11) is 4.16. The van der Waals surface area contributed by atoms with Crippen LogP contribution in [0.4, 0.5) is 0 Å². The molecule has 1 N–H and O–H groups in total. The van der Waals surface area contributed by atoms with Gasteiger partial charge in [0.1, 0.15) is 0 Å². The normalized spacial score (nSPS) is 24.8. The Morgan fingerprint density at radius 3 is 3.00 bits per heavy atom. The van der Waals surface area contributed by atoms with Crippen LogP contribution < -0.4 is 0 Å². The number of pyridine rings is 1. The first-order valence-corrected chi connectivity index (χ1v) is 7.07. The largest absolute Gasteiger partial charge is 0.387 e. The molecule has 4 nitrogen and oxygen atoms in total. The fourth-order valence-electron chi connectivity index (χ4n) is 2.90. The average molecular weight is 263 g/mol. The van der Waals surface area contributed by atoms with Gasteiger partial charge in [-0.15, -0.1) is 0 Å². The Morgan fingerprint density at radius 1 is 1.47 bits per heavy atom. The molecular weight excluding hydrogens is 238 g/mol. The van der Waals surface area contributed by atoms with Crippen molar-refractivity contribution in [2.24, 2.45) is 0 Å². The van der Waals surface area contributed by atoms with Gasteiger partial charge in [0.2, 0.25) is 0 Å². The Morgan fingerprint density at radius 2 is 2.32 bits per heavy atom. The fraction of sp³-hybridized carbons (Fsp3) is 0.667. The summed E-state index contributed by atoms with van der Waals surface area (Å²) in [6.07, 6.45) is 4.76. The first-order chi connectivity index (χ1) is 9.07. The van der Waals surface area contributed by atoms with E-state index in [0.29, 0.717) is 0 Å². The van der Waals surface area contributed by atoms with Crippen LogP contribution in [-0.2, 0) is 6.42 Å². The predicted molar refractivity (Wildman–Crippen MR) is 77.1 cm³/mol. The third kappa shape index (κ3) is 4.56. The number of piperidine rings is 1. The lowest BCUT2D eigenvalue weighted by Gasteiger charge is -2.39. The van der Waals surface area contributed by atoms with Gasteiger partial charge in [-0.1, -0.05) is 6.07 Å². The molecule has 0 amide bonds. The zero-order chi connectivity index (χ0) is 13.7. The molecule has 2 heterocycles. The van der Waals surface area contributed by atoms with Gasteiger partial charge >= 0.3 is 0 Å². The number of likely N-dealkylation sites (N-methyl/N-ethyl adjacent to an activating group) is 2. The van der Waals surface area contributed by atoms with Crippen molar-refractivity contribution in [1.82, 2.24) is 14.8 Å². The minimum atomic E-state index is -0.550. The van der Waals surface area contributed by atoms with E-state index in [1.807, 2.05) is 18.3 Å². The molecule has 0 bridgehead atoms. The van der Waals surface area contributed by atoms with E-state index >= 15 is 0 Å². The van der Waals surface area contributed by atoms with E-state index in [4.69, 9.17) is 0 Å². The average Bonchev–Trinajstić information content (AvgIpc) is 2.37. The third-order valence-corrected chi connectivity index (χ3v) is 3.79. The van der Waals surface area contributed by atoms with Gasteiger partial charge in [-0.25, -0.2) is 0 Å². The lowest BCUT2D eigenvalue weighted by atomic mass is 9.92. The highest BCUT2D eigenvalue weighted by molar-refractivity contribution is 5.03. The van der Waals surface area contributed by atoms with Crippen LogP contribution in [0, 0.1) is 0 Å². The summed E-state index contributed by atoms with van der Waals surface area (Å²) in [6.45, 7) is 3.55. The van der Waals surface area contributed by atoms with Crippen molar-refractivity contribution in [3.8, 4) is 0 Å². The number of aromatic nitrogens is 1. The van der Waals surface area contributed by atoms with Gasteiger partial charge in [0.25, 0.3) is 0 Å². The molecule has 0 spiro atoms. The molecular formula is C15H25N3O.